The van der Waals surface area contributed by atoms with E-state index in [0.717, 1.165) is 33.6 Å². The lowest BCUT2D eigenvalue weighted by atomic mass is 10.2. The summed E-state index contributed by atoms with van der Waals surface area (Å²) < 4.78 is 6.70. The van der Waals surface area contributed by atoms with Gasteiger partial charge in [-0.15, -0.1) is 0 Å². The van der Waals surface area contributed by atoms with Gasteiger partial charge in [-0.2, -0.15) is 0 Å². The van der Waals surface area contributed by atoms with E-state index >= 15 is 0 Å². The van der Waals surface area contributed by atoms with E-state index in [9.17, 15) is 0 Å². The molecule has 0 N–H and O–H groups in total. The number of aromatic nitrogens is 1. The molecule has 0 aliphatic heterocycles. The van der Waals surface area contributed by atoms with Crippen LogP contribution in [0.5, 0.6) is 5.88 Å². The number of rotatable bonds is 7. The van der Waals surface area contributed by atoms with Crippen LogP contribution in [0, 0.1) is 6.92 Å². The maximum Gasteiger partial charge on any atom is 0.228 e. The van der Waals surface area contributed by atoms with Gasteiger partial charge in [0.15, 0.2) is 0 Å². The van der Waals surface area contributed by atoms with Gasteiger partial charge in [0.1, 0.15) is 6.61 Å². The minimum atomic E-state index is 0.466. The Morgan fingerprint density at radius 3 is 2.68 bits per heavy atom. The van der Waals surface area contributed by atoms with E-state index in [-0.39, 0.29) is 0 Å². The molecule has 2 rings (SSSR count). The number of aryl methyl sites for hydroxylation is 1. The molecular formula is C19H25BrN4O. The highest BCUT2D eigenvalue weighted by molar-refractivity contribution is 9.10. The summed E-state index contributed by atoms with van der Waals surface area (Å²) in [6.45, 7) is 5.39. The van der Waals surface area contributed by atoms with Crippen molar-refractivity contribution in [1.29, 1.82) is 0 Å². The van der Waals surface area contributed by atoms with Crippen molar-refractivity contribution >= 4 is 33.6 Å². The van der Waals surface area contributed by atoms with Crippen LogP contribution in [0.1, 0.15) is 18.2 Å². The van der Waals surface area contributed by atoms with E-state index in [2.05, 4.69) is 49.9 Å². The van der Waals surface area contributed by atoms with Gasteiger partial charge in [0.25, 0.3) is 0 Å². The fraction of sp³-hybridized carbons (Fsp3) is 0.368. The van der Waals surface area contributed by atoms with E-state index in [0.29, 0.717) is 12.5 Å². The van der Waals surface area contributed by atoms with E-state index in [1.807, 2.05) is 57.5 Å². The van der Waals surface area contributed by atoms with Gasteiger partial charge in [-0.05, 0) is 53.5 Å². The third-order valence-electron chi connectivity index (χ3n) is 3.80. The lowest BCUT2D eigenvalue weighted by molar-refractivity contribution is 0.291. The van der Waals surface area contributed by atoms with E-state index in [4.69, 9.17) is 4.74 Å². The number of benzene rings is 1. The van der Waals surface area contributed by atoms with Crippen molar-refractivity contribution in [3.63, 3.8) is 0 Å². The normalized spacial score (nSPS) is 11.0. The number of hydrogen-bond acceptors (Lipinski definition) is 4. The van der Waals surface area contributed by atoms with Crippen LogP contribution >= 0.6 is 15.9 Å². The van der Waals surface area contributed by atoms with Gasteiger partial charge in [0, 0.05) is 33.4 Å². The van der Waals surface area contributed by atoms with Crippen molar-refractivity contribution in [3.05, 3.63) is 46.1 Å². The molecular weight excluding hydrogens is 380 g/mol. The molecule has 0 saturated carbocycles. The third-order valence-corrected chi connectivity index (χ3v) is 4.37. The summed E-state index contributed by atoms with van der Waals surface area (Å²) in [5.74, 6) is 0.579. The standard InChI is InChI=1S/C19H25BrN4O/c1-6-24(5)13-21-18-11-17(20)19(22-14(18)2)25-12-15-8-7-9-16(10-15)23(3)4/h7-11,13H,6,12H2,1-5H3. The number of hydrogen-bond donors (Lipinski definition) is 0. The molecule has 0 unspecified atom stereocenters. The molecule has 0 saturated heterocycles. The predicted octanol–water partition coefficient (Wildman–Crippen LogP) is 4.41. The monoisotopic (exact) mass is 404 g/mol. The van der Waals surface area contributed by atoms with Crippen LogP contribution < -0.4 is 9.64 Å². The molecule has 1 heterocycles. The highest BCUT2D eigenvalue weighted by Crippen LogP contribution is 2.30. The van der Waals surface area contributed by atoms with Crippen molar-refractivity contribution in [1.82, 2.24) is 9.88 Å². The lowest BCUT2D eigenvalue weighted by Gasteiger charge is -2.14. The van der Waals surface area contributed by atoms with Gasteiger partial charge in [-0.25, -0.2) is 9.98 Å². The first-order chi connectivity index (χ1) is 11.9. The second-order valence-corrected chi connectivity index (χ2v) is 6.91. The number of anilines is 1. The summed E-state index contributed by atoms with van der Waals surface area (Å²) in [7, 11) is 6.04. The number of aliphatic imine (C=N–C) groups is 1. The first-order valence-corrected chi connectivity index (χ1v) is 9.00. The summed E-state index contributed by atoms with van der Waals surface area (Å²) in [6, 6.07) is 10.2. The average molecular weight is 405 g/mol. The summed E-state index contributed by atoms with van der Waals surface area (Å²) >= 11 is 3.53. The van der Waals surface area contributed by atoms with Crippen LogP contribution in [0.3, 0.4) is 0 Å². The van der Waals surface area contributed by atoms with Gasteiger partial charge in [-0.3, -0.25) is 0 Å². The molecule has 25 heavy (non-hydrogen) atoms. The molecule has 0 amide bonds. The van der Waals surface area contributed by atoms with Crippen molar-refractivity contribution in [3.8, 4) is 5.88 Å². The van der Waals surface area contributed by atoms with Crippen LogP contribution in [0.2, 0.25) is 0 Å². The lowest BCUT2D eigenvalue weighted by Crippen LogP contribution is -2.14. The molecule has 0 aliphatic carbocycles. The molecule has 0 radical (unpaired) electrons. The minimum absolute atomic E-state index is 0.466. The average Bonchev–Trinajstić information content (AvgIpc) is 2.60. The molecule has 6 heteroatoms. The van der Waals surface area contributed by atoms with Gasteiger partial charge in [0.05, 0.1) is 22.2 Å². The number of ether oxygens (including phenoxy) is 1. The first-order valence-electron chi connectivity index (χ1n) is 8.21. The summed E-state index contributed by atoms with van der Waals surface area (Å²) in [4.78, 5) is 13.1. The van der Waals surface area contributed by atoms with Gasteiger partial charge in [0.2, 0.25) is 5.88 Å². The summed E-state index contributed by atoms with van der Waals surface area (Å²) in [5.41, 5.74) is 3.91. The minimum Gasteiger partial charge on any atom is -0.472 e. The molecule has 1 aromatic carbocycles. The Labute approximate surface area is 158 Å². The molecule has 0 aliphatic rings. The Kier molecular flexibility index (Phi) is 6.82. The molecule has 1 aromatic heterocycles. The predicted molar refractivity (Wildman–Crippen MR) is 108 cm³/mol. The molecule has 5 nitrogen and oxygen atoms in total. The van der Waals surface area contributed by atoms with E-state index in [1.165, 1.54) is 0 Å². The maximum atomic E-state index is 5.90. The molecule has 2 aromatic rings. The van der Waals surface area contributed by atoms with Gasteiger partial charge < -0.3 is 14.5 Å². The zero-order valence-electron chi connectivity index (χ0n) is 15.5. The first kappa shape index (κ1) is 19.2. The van der Waals surface area contributed by atoms with Crippen LogP contribution in [0.25, 0.3) is 0 Å². The largest absolute Gasteiger partial charge is 0.472 e. The van der Waals surface area contributed by atoms with Crippen molar-refractivity contribution in [2.45, 2.75) is 20.5 Å². The van der Waals surface area contributed by atoms with Crippen LogP contribution in [0.4, 0.5) is 11.4 Å². The molecule has 0 fully saturated rings. The summed E-state index contributed by atoms with van der Waals surface area (Å²) in [5, 5.41) is 0. The Hall–Kier alpha value is -2.08. The number of halogens is 1. The maximum absolute atomic E-state index is 5.90. The van der Waals surface area contributed by atoms with Gasteiger partial charge >= 0.3 is 0 Å². The molecule has 0 atom stereocenters. The summed E-state index contributed by atoms with van der Waals surface area (Å²) in [6.07, 6.45) is 1.81. The molecule has 134 valence electrons. The number of pyridine rings is 1. The second-order valence-electron chi connectivity index (χ2n) is 6.05. The molecule has 0 spiro atoms. The zero-order chi connectivity index (χ0) is 18.4. The third kappa shape index (κ3) is 5.46. The zero-order valence-corrected chi connectivity index (χ0v) is 17.0. The van der Waals surface area contributed by atoms with Crippen molar-refractivity contribution in [2.24, 2.45) is 4.99 Å². The van der Waals surface area contributed by atoms with Crippen LogP contribution in [-0.2, 0) is 6.61 Å². The van der Waals surface area contributed by atoms with E-state index < -0.39 is 0 Å². The highest BCUT2D eigenvalue weighted by atomic mass is 79.9. The van der Waals surface area contributed by atoms with Gasteiger partial charge in [-0.1, -0.05) is 12.1 Å². The SMILES string of the molecule is CCN(C)C=Nc1cc(Br)c(OCc2cccc(N(C)C)c2)nc1C. The molecule has 0 bridgehead atoms. The van der Waals surface area contributed by atoms with Crippen molar-refractivity contribution < 1.29 is 4.74 Å². The van der Waals surface area contributed by atoms with Crippen molar-refractivity contribution in [2.75, 3.05) is 32.6 Å². The highest BCUT2D eigenvalue weighted by Gasteiger charge is 2.09. The Balaban J connectivity index is 2.11. The Morgan fingerprint density at radius 1 is 1.24 bits per heavy atom. The van der Waals surface area contributed by atoms with Crippen LogP contribution in [-0.4, -0.2) is 43.9 Å². The van der Waals surface area contributed by atoms with E-state index in [1.54, 1.807) is 0 Å². The smallest absolute Gasteiger partial charge is 0.228 e. The fourth-order valence-corrected chi connectivity index (χ4v) is 2.52. The number of nitrogens with zero attached hydrogens (tertiary/aromatic N) is 4. The second kappa shape index (κ2) is 8.85. The quantitative estimate of drug-likeness (QED) is 0.506. The topological polar surface area (TPSA) is 41.0 Å². The van der Waals surface area contributed by atoms with Crippen LogP contribution in [0.15, 0.2) is 39.8 Å². The Morgan fingerprint density at radius 2 is 2.00 bits per heavy atom. The fourth-order valence-electron chi connectivity index (χ4n) is 2.10. The Bertz CT molecular complexity index is 746.